The molecule has 18 heavy (non-hydrogen) atoms. The van der Waals surface area contributed by atoms with Gasteiger partial charge in [0.05, 0.1) is 0 Å². The summed E-state index contributed by atoms with van der Waals surface area (Å²) in [6.07, 6.45) is 6.14. The van der Waals surface area contributed by atoms with Crippen molar-refractivity contribution in [2.45, 2.75) is 25.7 Å². The molecule has 1 aliphatic rings. The quantitative estimate of drug-likeness (QED) is 0.803. The van der Waals surface area contributed by atoms with Crippen LogP contribution < -0.4 is 5.73 Å². The maximum Gasteiger partial charge on any atom is 0.0441 e. The summed E-state index contributed by atoms with van der Waals surface area (Å²) in [7, 11) is 0. The van der Waals surface area contributed by atoms with Gasteiger partial charge in [0.15, 0.2) is 0 Å². The molecule has 0 bridgehead atoms. The Bertz CT molecular complexity index is 469. The van der Waals surface area contributed by atoms with E-state index in [1.165, 1.54) is 18.6 Å². The summed E-state index contributed by atoms with van der Waals surface area (Å²) in [5.41, 5.74) is 10.5. The summed E-state index contributed by atoms with van der Waals surface area (Å²) in [5.74, 6) is 0. The normalized spacial score (nSPS) is 16.8. The predicted octanol–water partition coefficient (Wildman–Crippen LogP) is 3.56. The van der Waals surface area contributed by atoms with E-state index in [0.717, 1.165) is 36.2 Å². The van der Waals surface area contributed by atoms with Crippen molar-refractivity contribution in [3.63, 3.8) is 0 Å². The Morgan fingerprint density at radius 1 is 1.28 bits per heavy atom. The lowest BCUT2D eigenvalue weighted by Gasteiger charge is -2.17. The Kier molecular flexibility index (Phi) is 4.35. The number of benzene rings is 1. The SMILES string of the molecule is C=CC/C(C1=NCCCC1)=C(/N)c1ccccc1. The molecule has 0 amide bonds. The summed E-state index contributed by atoms with van der Waals surface area (Å²) < 4.78 is 0. The molecule has 2 heteroatoms. The highest BCUT2D eigenvalue weighted by Gasteiger charge is 2.13. The van der Waals surface area contributed by atoms with Crippen molar-refractivity contribution < 1.29 is 0 Å². The van der Waals surface area contributed by atoms with Gasteiger partial charge >= 0.3 is 0 Å². The Balaban J connectivity index is 2.39. The lowest BCUT2D eigenvalue weighted by Crippen LogP contribution is -2.14. The molecule has 0 saturated heterocycles. The number of hydrogen-bond acceptors (Lipinski definition) is 2. The molecule has 1 heterocycles. The van der Waals surface area contributed by atoms with Gasteiger partial charge in [-0.25, -0.2) is 0 Å². The monoisotopic (exact) mass is 240 g/mol. The number of nitrogens with zero attached hydrogens (tertiary/aromatic N) is 1. The van der Waals surface area contributed by atoms with Crippen LogP contribution in [0.4, 0.5) is 0 Å². The molecule has 0 saturated carbocycles. The minimum absolute atomic E-state index is 0.791. The molecular weight excluding hydrogens is 220 g/mol. The first kappa shape index (κ1) is 12.6. The fourth-order valence-corrected chi connectivity index (χ4v) is 2.26. The zero-order valence-corrected chi connectivity index (χ0v) is 10.7. The second-order valence-corrected chi connectivity index (χ2v) is 4.54. The topological polar surface area (TPSA) is 38.4 Å². The maximum absolute atomic E-state index is 6.31. The second-order valence-electron chi connectivity index (χ2n) is 4.54. The maximum atomic E-state index is 6.31. The average molecular weight is 240 g/mol. The first-order valence-electron chi connectivity index (χ1n) is 6.51. The zero-order chi connectivity index (χ0) is 12.8. The van der Waals surface area contributed by atoms with Gasteiger partial charge in [0.2, 0.25) is 0 Å². The summed E-state index contributed by atoms with van der Waals surface area (Å²) in [4.78, 5) is 4.63. The molecule has 1 aromatic rings. The highest BCUT2D eigenvalue weighted by molar-refractivity contribution is 6.06. The van der Waals surface area contributed by atoms with Gasteiger partial charge in [-0.3, -0.25) is 4.99 Å². The molecule has 0 unspecified atom stereocenters. The standard InChI is InChI=1S/C16H20N2/c1-2-8-14(15-11-6-7-12-18-15)16(17)13-9-4-3-5-10-13/h2-5,9-10H,1,6-8,11-12,17H2/b16-14-. The highest BCUT2D eigenvalue weighted by atomic mass is 14.8. The third kappa shape index (κ3) is 2.89. The van der Waals surface area contributed by atoms with Crippen LogP contribution in [0.3, 0.4) is 0 Å². The molecule has 0 atom stereocenters. The van der Waals surface area contributed by atoms with Crippen LogP contribution in [0.2, 0.25) is 0 Å². The Morgan fingerprint density at radius 3 is 2.67 bits per heavy atom. The molecule has 2 rings (SSSR count). The average Bonchev–Trinajstić information content (AvgIpc) is 2.46. The summed E-state index contributed by atoms with van der Waals surface area (Å²) in [6, 6.07) is 10.1. The van der Waals surface area contributed by atoms with Gasteiger partial charge in [-0.1, -0.05) is 36.4 Å². The van der Waals surface area contributed by atoms with Crippen LogP contribution in [0.5, 0.6) is 0 Å². The molecule has 2 nitrogen and oxygen atoms in total. The van der Waals surface area contributed by atoms with E-state index in [0.29, 0.717) is 0 Å². The van der Waals surface area contributed by atoms with Crippen LogP contribution in [0, 0.1) is 0 Å². The van der Waals surface area contributed by atoms with Gasteiger partial charge in [0.25, 0.3) is 0 Å². The lowest BCUT2D eigenvalue weighted by molar-refractivity contribution is 0.736. The molecule has 1 aromatic carbocycles. The van der Waals surface area contributed by atoms with Crippen LogP contribution in [-0.2, 0) is 0 Å². The van der Waals surface area contributed by atoms with E-state index >= 15 is 0 Å². The van der Waals surface area contributed by atoms with Crippen LogP contribution in [-0.4, -0.2) is 12.3 Å². The molecule has 0 aromatic heterocycles. The molecular formula is C16H20N2. The smallest absolute Gasteiger partial charge is 0.0441 e. The number of rotatable bonds is 4. The van der Waals surface area contributed by atoms with Gasteiger partial charge in [0, 0.05) is 23.5 Å². The first-order chi connectivity index (χ1) is 8.83. The van der Waals surface area contributed by atoms with Gasteiger partial charge in [-0.05, 0) is 31.2 Å². The largest absolute Gasteiger partial charge is 0.398 e. The summed E-state index contributed by atoms with van der Waals surface area (Å²) in [5, 5.41) is 0. The van der Waals surface area contributed by atoms with Crippen LogP contribution >= 0.6 is 0 Å². The van der Waals surface area contributed by atoms with E-state index in [4.69, 9.17) is 5.73 Å². The molecule has 0 aliphatic carbocycles. The van der Waals surface area contributed by atoms with Crippen molar-refractivity contribution in [2.75, 3.05) is 6.54 Å². The summed E-state index contributed by atoms with van der Waals surface area (Å²) in [6.45, 7) is 4.76. The minimum atomic E-state index is 0.791. The van der Waals surface area contributed by atoms with E-state index in [9.17, 15) is 0 Å². The highest BCUT2D eigenvalue weighted by Crippen LogP contribution is 2.22. The van der Waals surface area contributed by atoms with Crippen LogP contribution in [0.1, 0.15) is 31.2 Å². The lowest BCUT2D eigenvalue weighted by atomic mass is 9.95. The summed E-state index contributed by atoms with van der Waals surface area (Å²) >= 11 is 0. The number of hydrogen-bond donors (Lipinski definition) is 1. The van der Waals surface area contributed by atoms with E-state index in [-0.39, 0.29) is 0 Å². The fraction of sp³-hybridized carbons (Fsp3) is 0.312. The Morgan fingerprint density at radius 2 is 2.06 bits per heavy atom. The number of aliphatic imine (C=N–C) groups is 1. The third-order valence-corrected chi connectivity index (χ3v) is 3.23. The van der Waals surface area contributed by atoms with Crippen LogP contribution in [0.15, 0.2) is 53.6 Å². The Labute approximate surface area is 109 Å². The van der Waals surface area contributed by atoms with Crippen molar-refractivity contribution >= 4 is 11.4 Å². The zero-order valence-electron chi connectivity index (χ0n) is 10.7. The third-order valence-electron chi connectivity index (χ3n) is 3.23. The van der Waals surface area contributed by atoms with E-state index < -0.39 is 0 Å². The predicted molar refractivity (Wildman–Crippen MR) is 78.5 cm³/mol. The fourth-order valence-electron chi connectivity index (χ4n) is 2.26. The van der Waals surface area contributed by atoms with Gasteiger partial charge in [-0.15, -0.1) is 6.58 Å². The van der Waals surface area contributed by atoms with Gasteiger partial charge in [0.1, 0.15) is 0 Å². The van der Waals surface area contributed by atoms with E-state index in [1.54, 1.807) is 0 Å². The second kappa shape index (κ2) is 6.20. The molecule has 0 fully saturated rings. The Hall–Kier alpha value is -1.83. The van der Waals surface area contributed by atoms with E-state index in [2.05, 4.69) is 11.6 Å². The van der Waals surface area contributed by atoms with Crippen molar-refractivity contribution in [3.8, 4) is 0 Å². The van der Waals surface area contributed by atoms with Crippen molar-refractivity contribution in [2.24, 2.45) is 10.7 Å². The minimum Gasteiger partial charge on any atom is -0.398 e. The molecule has 94 valence electrons. The molecule has 0 radical (unpaired) electrons. The number of allylic oxidation sites excluding steroid dienone is 2. The van der Waals surface area contributed by atoms with Crippen LogP contribution in [0.25, 0.3) is 5.70 Å². The molecule has 1 aliphatic heterocycles. The van der Waals surface area contributed by atoms with E-state index in [1.807, 2.05) is 36.4 Å². The van der Waals surface area contributed by atoms with Crippen molar-refractivity contribution in [1.29, 1.82) is 0 Å². The number of nitrogens with two attached hydrogens (primary N) is 1. The van der Waals surface area contributed by atoms with Gasteiger partial charge < -0.3 is 5.73 Å². The molecule has 0 spiro atoms. The molecule has 2 N–H and O–H groups in total. The van der Waals surface area contributed by atoms with Crippen molar-refractivity contribution in [3.05, 3.63) is 54.1 Å². The van der Waals surface area contributed by atoms with Gasteiger partial charge in [-0.2, -0.15) is 0 Å². The first-order valence-corrected chi connectivity index (χ1v) is 6.51. The van der Waals surface area contributed by atoms with Crippen molar-refractivity contribution in [1.82, 2.24) is 0 Å².